The summed E-state index contributed by atoms with van der Waals surface area (Å²) in [7, 11) is 0. The van der Waals surface area contributed by atoms with Crippen molar-refractivity contribution in [3.05, 3.63) is 62.7 Å². The van der Waals surface area contributed by atoms with Gasteiger partial charge in [-0.1, -0.05) is 45.7 Å². The number of hydrogen-bond acceptors (Lipinski definition) is 4. The maximum atomic E-state index is 11.9. The van der Waals surface area contributed by atoms with Gasteiger partial charge >= 0.3 is 0 Å². The summed E-state index contributed by atoms with van der Waals surface area (Å²) in [5.41, 5.74) is 2.00. The van der Waals surface area contributed by atoms with E-state index in [9.17, 15) is 4.79 Å². The van der Waals surface area contributed by atoms with Gasteiger partial charge in [0.15, 0.2) is 16.6 Å². The van der Waals surface area contributed by atoms with Crippen molar-refractivity contribution in [1.82, 2.24) is 10.6 Å². The minimum Gasteiger partial charge on any atom is -0.490 e. The molecule has 1 aliphatic heterocycles. The van der Waals surface area contributed by atoms with Crippen molar-refractivity contribution in [2.45, 2.75) is 13.5 Å². The maximum absolute atomic E-state index is 11.9. The van der Waals surface area contributed by atoms with Crippen LogP contribution in [0.15, 0.2) is 46.6 Å². The van der Waals surface area contributed by atoms with E-state index in [1.54, 1.807) is 18.2 Å². The fourth-order valence-corrected chi connectivity index (χ4v) is 3.28. The number of carbonyl (C=O) groups excluding carboxylic acids is 1. The number of nitrogens with one attached hydrogen (secondary N) is 2. The fourth-order valence-electron chi connectivity index (χ4n) is 2.45. The van der Waals surface area contributed by atoms with Crippen LogP contribution in [0.4, 0.5) is 0 Å². The van der Waals surface area contributed by atoms with Crippen LogP contribution in [0.5, 0.6) is 11.5 Å². The Morgan fingerprint density at radius 1 is 1.19 bits per heavy atom. The molecule has 0 aromatic heterocycles. The van der Waals surface area contributed by atoms with Crippen LogP contribution in [0.3, 0.4) is 0 Å². The molecule has 1 fully saturated rings. The predicted octanol–water partition coefficient (Wildman–Crippen LogP) is 4.43. The van der Waals surface area contributed by atoms with E-state index in [4.69, 9.17) is 33.3 Å². The van der Waals surface area contributed by atoms with E-state index in [0.29, 0.717) is 35.4 Å². The van der Waals surface area contributed by atoms with Crippen LogP contribution >= 0.6 is 39.7 Å². The van der Waals surface area contributed by atoms with Gasteiger partial charge in [0.05, 0.1) is 6.61 Å². The van der Waals surface area contributed by atoms with E-state index in [1.165, 1.54) is 0 Å². The van der Waals surface area contributed by atoms with Crippen molar-refractivity contribution in [3.8, 4) is 11.5 Å². The Balaban J connectivity index is 1.88. The standard InChI is InChI=1S/C19H16BrClN2O3S/c1-2-25-16-8-12(7-15-18(24)23-19(27)22-15)13(20)9-17(16)26-10-11-5-3-4-6-14(11)21/h3-9H,2,10H2,1H3,(H2,22,23,24,27)/b15-7+. The number of carbonyl (C=O) groups is 1. The third kappa shape index (κ3) is 4.80. The zero-order valence-electron chi connectivity index (χ0n) is 14.3. The monoisotopic (exact) mass is 466 g/mol. The summed E-state index contributed by atoms with van der Waals surface area (Å²) in [5, 5.41) is 6.28. The third-order valence-electron chi connectivity index (χ3n) is 3.72. The smallest absolute Gasteiger partial charge is 0.273 e. The molecule has 0 spiro atoms. The van der Waals surface area contributed by atoms with Gasteiger partial charge in [0, 0.05) is 15.1 Å². The van der Waals surface area contributed by atoms with Gasteiger partial charge in [-0.3, -0.25) is 10.1 Å². The molecule has 2 N–H and O–H groups in total. The van der Waals surface area contributed by atoms with Crippen LogP contribution in [0, 0.1) is 0 Å². The van der Waals surface area contributed by atoms with Crippen LogP contribution < -0.4 is 20.1 Å². The number of thiocarbonyl (C=S) groups is 1. The van der Waals surface area contributed by atoms with Crippen molar-refractivity contribution >= 4 is 56.8 Å². The lowest BCUT2D eigenvalue weighted by molar-refractivity contribution is -0.115. The molecule has 140 valence electrons. The number of benzene rings is 2. The summed E-state index contributed by atoms with van der Waals surface area (Å²) in [6.45, 7) is 2.68. The van der Waals surface area contributed by atoms with Crippen molar-refractivity contribution in [2.75, 3.05) is 6.61 Å². The summed E-state index contributed by atoms with van der Waals surface area (Å²) in [6, 6.07) is 11.1. The first-order valence-corrected chi connectivity index (χ1v) is 9.72. The van der Waals surface area contributed by atoms with Crippen LogP contribution in [-0.4, -0.2) is 17.6 Å². The van der Waals surface area contributed by atoms with Gasteiger partial charge < -0.3 is 14.8 Å². The zero-order valence-corrected chi connectivity index (χ0v) is 17.5. The summed E-state index contributed by atoms with van der Waals surface area (Å²) < 4.78 is 12.4. The quantitative estimate of drug-likeness (QED) is 0.486. The number of ether oxygens (including phenoxy) is 2. The molecule has 1 amide bonds. The molecule has 27 heavy (non-hydrogen) atoms. The Morgan fingerprint density at radius 3 is 2.59 bits per heavy atom. The Hall–Kier alpha value is -2.09. The fraction of sp³-hybridized carbons (Fsp3) is 0.158. The molecule has 8 heteroatoms. The van der Waals surface area contributed by atoms with Crippen LogP contribution in [0.1, 0.15) is 18.1 Å². The summed E-state index contributed by atoms with van der Waals surface area (Å²) in [4.78, 5) is 11.9. The molecule has 1 aliphatic rings. The predicted molar refractivity (Wildman–Crippen MR) is 113 cm³/mol. The van der Waals surface area contributed by atoms with E-state index in [-0.39, 0.29) is 11.0 Å². The number of halogens is 2. The Morgan fingerprint density at radius 2 is 1.93 bits per heavy atom. The van der Waals surface area contributed by atoms with Crippen molar-refractivity contribution in [2.24, 2.45) is 0 Å². The van der Waals surface area contributed by atoms with Gasteiger partial charge in [0.2, 0.25) is 0 Å². The second kappa shape index (κ2) is 8.73. The van der Waals surface area contributed by atoms with E-state index in [0.717, 1.165) is 15.6 Å². The second-order valence-corrected chi connectivity index (χ2v) is 7.27. The van der Waals surface area contributed by atoms with Crippen LogP contribution in [0.25, 0.3) is 6.08 Å². The second-order valence-electron chi connectivity index (χ2n) is 5.60. The van der Waals surface area contributed by atoms with Gasteiger partial charge in [0.25, 0.3) is 5.91 Å². The molecule has 0 bridgehead atoms. The molecule has 2 aromatic carbocycles. The molecule has 2 aromatic rings. The van der Waals surface area contributed by atoms with Crippen molar-refractivity contribution in [1.29, 1.82) is 0 Å². The highest BCUT2D eigenvalue weighted by molar-refractivity contribution is 9.10. The molecule has 0 atom stereocenters. The van der Waals surface area contributed by atoms with Gasteiger partial charge in [-0.25, -0.2) is 0 Å². The molecule has 1 heterocycles. The summed E-state index contributed by atoms with van der Waals surface area (Å²) in [5.74, 6) is 0.870. The molecule has 0 unspecified atom stereocenters. The van der Waals surface area contributed by atoms with Crippen LogP contribution in [0.2, 0.25) is 5.02 Å². The SMILES string of the molecule is CCOc1cc(/C=C2/NC(=S)NC2=O)c(Br)cc1OCc1ccccc1Cl. The topological polar surface area (TPSA) is 59.6 Å². The highest BCUT2D eigenvalue weighted by Gasteiger charge is 2.21. The first-order valence-electron chi connectivity index (χ1n) is 8.14. The largest absolute Gasteiger partial charge is 0.490 e. The lowest BCUT2D eigenvalue weighted by Gasteiger charge is -2.14. The van der Waals surface area contributed by atoms with E-state index < -0.39 is 0 Å². The van der Waals surface area contributed by atoms with Gasteiger partial charge in [-0.05, 0) is 49.0 Å². The van der Waals surface area contributed by atoms with Gasteiger partial charge in [-0.2, -0.15) is 0 Å². The number of hydrogen-bond donors (Lipinski definition) is 2. The van der Waals surface area contributed by atoms with E-state index >= 15 is 0 Å². The average molecular weight is 468 g/mol. The van der Waals surface area contributed by atoms with Crippen molar-refractivity contribution in [3.63, 3.8) is 0 Å². The Kier molecular flexibility index (Phi) is 6.36. The van der Waals surface area contributed by atoms with Crippen LogP contribution in [-0.2, 0) is 11.4 Å². The first kappa shape index (κ1) is 19.7. The van der Waals surface area contributed by atoms with Gasteiger partial charge in [-0.15, -0.1) is 0 Å². The molecule has 1 saturated heterocycles. The van der Waals surface area contributed by atoms with E-state index in [2.05, 4.69) is 26.6 Å². The Labute approximate surface area is 175 Å². The minimum absolute atomic E-state index is 0.274. The third-order valence-corrected chi connectivity index (χ3v) is 4.98. The summed E-state index contributed by atoms with van der Waals surface area (Å²) >= 11 is 14.7. The number of rotatable bonds is 6. The highest BCUT2D eigenvalue weighted by Crippen LogP contribution is 2.35. The number of amides is 1. The first-order chi connectivity index (χ1) is 13.0. The van der Waals surface area contributed by atoms with Crippen molar-refractivity contribution < 1.29 is 14.3 Å². The van der Waals surface area contributed by atoms with Gasteiger partial charge in [0.1, 0.15) is 12.3 Å². The molecular formula is C19H16BrClN2O3S. The Bertz CT molecular complexity index is 933. The molecule has 5 nitrogen and oxygen atoms in total. The summed E-state index contributed by atoms with van der Waals surface area (Å²) in [6.07, 6.45) is 1.69. The van der Waals surface area contributed by atoms with E-state index in [1.807, 2.05) is 31.2 Å². The molecule has 0 radical (unpaired) electrons. The minimum atomic E-state index is -0.274. The lowest BCUT2D eigenvalue weighted by atomic mass is 10.1. The molecule has 3 rings (SSSR count). The maximum Gasteiger partial charge on any atom is 0.273 e. The normalized spacial score (nSPS) is 14.9. The highest BCUT2D eigenvalue weighted by atomic mass is 79.9. The average Bonchev–Trinajstić information content (AvgIpc) is 2.95. The molecular weight excluding hydrogens is 452 g/mol. The lowest BCUT2D eigenvalue weighted by Crippen LogP contribution is -2.21. The molecule has 0 aliphatic carbocycles. The molecule has 0 saturated carbocycles. The zero-order chi connectivity index (χ0) is 19.4.